The quantitative estimate of drug-likeness (QED) is 0.756. The van der Waals surface area contributed by atoms with Crippen LogP contribution in [0.3, 0.4) is 0 Å². The summed E-state index contributed by atoms with van der Waals surface area (Å²) < 4.78 is 0. The zero-order chi connectivity index (χ0) is 10.8. The summed E-state index contributed by atoms with van der Waals surface area (Å²) >= 11 is 1.86. The summed E-state index contributed by atoms with van der Waals surface area (Å²) in [6.45, 7) is 0. The van der Waals surface area contributed by atoms with Crippen LogP contribution in [0.5, 0.6) is 0 Å². The molecule has 15 heavy (non-hydrogen) atoms. The van der Waals surface area contributed by atoms with Gasteiger partial charge in [0.2, 0.25) is 0 Å². The minimum atomic E-state index is -0.947. The van der Waals surface area contributed by atoms with Crippen molar-refractivity contribution in [2.24, 2.45) is 0 Å². The van der Waals surface area contributed by atoms with E-state index in [0.29, 0.717) is 10.9 Å². The minimum Gasteiger partial charge on any atom is -0.478 e. The fraction of sp³-hybridized carbons (Fsp3) is 0.364. The van der Waals surface area contributed by atoms with Crippen LogP contribution in [0, 0.1) is 0 Å². The van der Waals surface area contributed by atoms with Crippen LogP contribution in [0.1, 0.15) is 34.0 Å². The average molecular weight is 223 g/mol. The van der Waals surface area contributed by atoms with E-state index >= 15 is 0 Å². The number of thioether (sulfide) groups is 1. The van der Waals surface area contributed by atoms with Crippen molar-refractivity contribution in [1.82, 2.24) is 0 Å². The smallest absolute Gasteiger partial charge is 0.337 e. The Bertz CT molecular complexity index is 386. The Morgan fingerprint density at radius 3 is 2.93 bits per heavy atom. The largest absolute Gasteiger partial charge is 0.478 e. The molecular weight excluding hydrogens is 210 g/mol. The molecular formula is C11H13NO2S. The van der Waals surface area contributed by atoms with Crippen LogP contribution in [0.25, 0.3) is 0 Å². The summed E-state index contributed by atoms with van der Waals surface area (Å²) in [7, 11) is 0. The Kier molecular flexibility index (Phi) is 2.86. The zero-order valence-electron chi connectivity index (χ0n) is 8.27. The molecule has 3 N–H and O–H groups in total. The summed E-state index contributed by atoms with van der Waals surface area (Å²) in [6, 6.07) is 5.26. The number of aromatic carboxylic acids is 1. The predicted molar refractivity (Wildman–Crippen MR) is 62.2 cm³/mol. The standard InChI is InChI=1S/C11H13NO2S/c12-10-7(9-5-2-6-15-9)3-1-4-8(10)11(13)14/h1,3-4,9H,2,5-6,12H2,(H,13,14). The van der Waals surface area contributed by atoms with Crippen LogP contribution < -0.4 is 5.73 Å². The molecule has 0 aromatic heterocycles. The number of anilines is 1. The van der Waals surface area contributed by atoms with Crippen molar-refractivity contribution in [3.05, 3.63) is 29.3 Å². The van der Waals surface area contributed by atoms with Crippen molar-refractivity contribution in [1.29, 1.82) is 0 Å². The first-order valence-corrected chi connectivity index (χ1v) is 5.98. The first kappa shape index (κ1) is 10.4. The highest BCUT2D eigenvalue weighted by atomic mass is 32.2. The van der Waals surface area contributed by atoms with E-state index in [4.69, 9.17) is 10.8 Å². The number of nitrogens with two attached hydrogens (primary N) is 1. The van der Waals surface area contributed by atoms with Crippen LogP contribution in [0.2, 0.25) is 0 Å². The lowest BCUT2D eigenvalue weighted by Gasteiger charge is -2.13. The van der Waals surface area contributed by atoms with Gasteiger partial charge in [-0.3, -0.25) is 0 Å². The van der Waals surface area contributed by atoms with Gasteiger partial charge in [0.05, 0.1) is 11.3 Å². The van der Waals surface area contributed by atoms with E-state index in [2.05, 4.69) is 0 Å². The van der Waals surface area contributed by atoms with Gasteiger partial charge in [-0.15, -0.1) is 0 Å². The SMILES string of the molecule is Nc1c(C(=O)O)cccc1C1CCCS1. The van der Waals surface area contributed by atoms with Crippen molar-refractivity contribution in [3.8, 4) is 0 Å². The van der Waals surface area contributed by atoms with Gasteiger partial charge < -0.3 is 10.8 Å². The van der Waals surface area contributed by atoms with Crippen LogP contribution in [0.4, 0.5) is 5.69 Å². The maximum Gasteiger partial charge on any atom is 0.337 e. The number of hydrogen-bond acceptors (Lipinski definition) is 3. The molecule has 0 saturated carbocycles. The van der Waals surface area contributed by atoms with E-state index in [9.17, 15) is 4.79 Å². The highest BCUT2D eigenvalue weighted by Crippen LogP contribution is 2.42. The summed E-state index contributed by atoms with van der Waals surface area (Å²) in [5.41, 5.74) is 7.51. The lowest BCUT2D eigenvalue weighted by Crippen LogP contribution is -2.06. The number of carbonyl (C=O) groups is 1. The molecule has 1 aliphatic heterocycles. The number of rotatable bonds is 2. The second-order valence-corrected chi connectivity index (χ2v) is 4.93. The van der Waals surface area contributed by atoms with Crippen LogP contribution >= 0.6 is 11.8 Å². The molecule has 1 aromatic carbocycles. The first-order valence-electron chi connectivity index (χ1n) is 4.93. The van der Waals surface area contributed by atoms with Gasteiger partial charge >= 0.3 is 5.97 Å². The third-order valence-corrected chi connectivity index (χ3v) is 4.06. The van der Waals surface area contributed by atoms with Crippen molar-refractivity contribution >= 4 is 23.4 Å². The van der Waals surface area contributed by atoms with Crippen molar-refractivity contribution in [2.75, 3.05) is 11.5 Å². The van der Waals surface area contributed by atoms with Crippen molar-refractivity contribution < 1.29 is 9.90 Å². The van der Waals surface area contributed by atoms with E-state index in [1.165, 1.54) is 6.42 Å². The summed E-state index contributed by atoms with van der Waals surface area (Å²) in [5.74, 6) is 0.193. The highest BCUT2D eigenvalue weighted by Gasteiger charge is 2.22. The molecule has 0 bridgehead atoms. The molecule has 1 aliphatic rings. The third-order valence-electron chi connectivity index (χ3n) is 2.65. The van der Waals surface area contributed by atoms with E-state index in [-0.39, 0.29) is 5.56 Å². The third kappa shape index (κ3) is 1.95. The predicted octanol–water partition coefficient (Wildman–Crippen LogP) is 2.54. The van der Waals surface area contributed by atoms with Crippen molar-refractivity contribution in [2.45, 2.75) is 18.1 Å². The molecule has 0 amide bonds. The van der Waals surface area contributed by atoms with Gasteiger partial charge in [0.1, 0.15) is 0 Å². The molecule has 0 aliphatic carbocycles. The maximum atomic E-state index is 10.9. The first-order chi connectivity index (χ1) is 7.20. The molecule has 1 aromatic rings. The summed E-state index contributed by atoms with van der Waals surface area (Å²) in [6.07, 6.45) is 2.28. The molecule has 80 valence electrons. The highest BCUT2D eigenvalue weighted by molar-refractivity contribution is 7.99. The summed E-state index contributed by atoms with van der Waals surface area (Å²) in [5, 5.41) is 9.33. The Labute approximate surface area is 92.7 Å². The Balaban J connectivity index is 2.39. The second-order valence-electron chi connectivity index (χ2n) is 3.62. The molecule has 3 nitrogen and oxygen atoms in total. The molecule has 0 radical (unpaired) electrons. The average Bonchev–Trinajstić information content (AvgIpc) is 2.70. The molecule has 2 rings (SSSR count). The fourth-order valence-corrected chi connectivity index (χ4v) is 3.21. The van der Waals surface area contributed by atoms with E-state index < -0.39 is 5.97 Å². The number of carboxylic acids is 1. The maximum absolute atomic E-state index is 10.9. The molecule has 1 atom stereocenters. The topological polar surface area (TPSA) is 63.3 Å². The normalized spacial score (nSPS) is 20.4. The molecule has 1 unspecified atom stereocenters. The molecule has 1 fully saturated rings. The van der Waals surface area contributed by atoms with Gasteiger partial charge in [-0.1, -0.05) is 12.1 Å². The Morgan fingerprint density at radius 2 is 2.33 bits per heavy atom. The van der Waals surface area contributed by atoms with Crippen LogP contribution in [0.15, 0.2) is 18.2 Å². The van der Waals surface area contributed by atoms with Crippen LogP contribution in [-0.4, -0.2) is 16.8 Å². The van der Waals surface area contributed by atoms with Gasteiger partial charge in [0.15, 0.2) is 0 Å². The summed E-state index contributed by atoms with van der Waals surface area (Å²) in [4.78, 5) is 10.9. The number of benzene rings is 1. The number of hydrogen-bond donors (Lipinski definition) is 2. The lowest BCUT2D eigenvalue weighted by molar-refractivity contribution is 0.0698. The molecule has 0 spiro atoms. The van der Waals surface area contributed by atoms with E-state index in [0.717, 1.165) is 17.7 Å². The lowest BCUT2D eigenvalue weighted by atomic mass is 10.0. The Morgan fingerprint density at radius 1 is 1.53 bits per heavy atom. The zero-order valence-corrected chi connectivity index (χ0v) is 9.09. The molecule has 4 heteroatoms. The number of para-hydroxylation sites is 1. The van der Waals surface area contributed by atoms with Gasteiger partial charge in [0.25, 0.3) is 0 Å². The Hall–Kier alpha value is -1.16. The van der Waals surface area contributed by atoms with E-state index in [1.54, 1.807) is 12.1 Å². The molecule has 1 saturated heterocycles. The van der Waals surface area contributed by atoms with Gasteiger partial charge in [-0.2, -0.15) is 11.8 Å². The van der Waals surface area contributed by atoms with Crippen molar-refractivity contribution in [3.63, 3.8) is 0 Å². The minimum absolute atomic E-state index is 0.222. The van der Waals surface area contributed by atoms with E-state index in [1.807, 2.05) is 17.8 Å². The number of carboxylic acid groups (broad SMARTS) is 1. The molecule has 1 heterocycles. The number of nitrogen functional groups attached to an aromatic ring is 1. The van der Waals surface area contributed by atoms with Gasteiger partial charge in [-0.05, 0) is 30.2 Å². The monoisotopic (exact) mass is 223 g/mol. The second kappa shape index (κ2) is 4.14. The van der Waals surface area contributed by atoms with Gasteiger partial charge in [-0.25, -0.2) is 4.79 Å². The van der Waals surface area contributed by atoms with Gasteiger partial charge in [0, 0.05) is 5.25 Å². The fourth-order valence-electron chi connectivity index (χ4n) is 1.87. The van der Waals surface area contributed by atoms with Crippen LogP contribution in [-0.2, 0) is 0 Å².